The second-order valence-electron chi connectivity index (χ2n) is 6.23. The second kappa shape index (κ2) is 6.07. The topological polar surface area (TPSA) is 66.4 Å². The van der Waals surface area contributed by atoms with E-state index in [2.05, 4.69) is 4.72 Å². The maximum absolute atomic E-state index is 12.3. The summed E-state index contributed by atoms with van der Waals surface area (Å²) in [6, 6.07) is 5.46. The first-order chi connectivity index (χ1) is 10.1. The van der Waals surface area contributed by atoms with E-state index in [1.54, 1.807) is 6.07 Å². The van der Waals surface area contributed by atoms with Crippen LogP contribution in [0.5, 0.6) is 0 Å². The Bertz CT molecular complexity index is 608. The van der Waals surface area contributed by atoms with E-state index in [1.165, 1.54) is 17.5 Å². The lowest BCUT2D eigenvalue weighted by molar-refractivity contribution is 0.143. The van der Waals surface area contributed by atoms with Crippen LogP contribution in [0, 0.1) is 5.92 Å². The van der Waals surface area contributed by atoms with Crippen molar-refractivity contribution in [2.45, 2.75) is 55.9 Å². The van der Waals surface area contributed by atoms with Crippen molar-refractivity contribution in [3.05, 3.63) is 29.3 Å². The Balaban J connectivity index is 1.63. The van der Waals surface area contributed by atoms with Crippen LogP contribution in [0.3, 0.4) is 0 Å². The number of aliphatic hydroxyl groups excluding tert-OH is 1. The summed E-state index contributed by atoms with van der Waals surface area (Å²) in [5.41, 5.74) is 2.45. The highest BCUT2D eigenvalue weighted by molar-refractivity contribution is 7.89. The maximum atomic E-state index is 12.3. The van der Waals surface area contributed by atoms with E-state index in [9.17, 15) is 13.5 Å². The van der Waals surface area contributed by atoms with Gasteiger partial charge in [-0.1, -0.05) is 6.07 Å². The first kappa shape index (κ1) is 15.0. The fraction of sp³-hybridized carbons (Fsp3) is 0.625. The van der Waals surface area contributed by atoms with Crippen LogP contribution in [0.25, 0.3) is 0 Å². The van der Waals surface area contributed by atoms with Crippen LogP contribution >= 0.6 is 0 Å². The van der Waals surface area contributed by atoms with Crippen molar-refractivity contribution in [1.82, 2.24) is 4.72 Å². The van der Waals surface area contributed by atoms with E-state index >= 15 is 0 Å². The lowest BCUT2D eigenvalue weighted by Crippen LogP contribution is -2.28. The first-order valence-electron chi connectivity index (χ1n) is 7.86. The largest absolute Gasteiger partial charge is 0.393 e. The summed E-state index contributed by atoms with van der Waals surface area (Å²) < 4.78 is 27.2. The van der Waals surface area contributed by atoms with Gasteiger partial charge in [0.25, 0.3) is 0 Å². The van der Waals surface area contributed by atoms with Gasteiger partial charge in [0.05, 0.1) is 11.0 Å². The highest BCUT2D eigenvalue weighted by Crippen LogP contribution is 2.33. The van der Waals surface area contributed by atoms with E-state index in [0.717, 1.165) is 32.1 Å². The molecule has 0 heterocycles. The van der Waals surface area contributed by atoms with Gasteiger partial charge >= 0.3 is 0 Å². The van der Waals surface area contributed by atoms with Crippen molar-refractivity contribution >= 4 is 10.0 Å². The van der Waals surface area contributed by atoms with Gasteiger partial charge in [-0.2, -0.15) is 0 Å². The number of fused-ring (bicyclic) bond motifs is 1. The van der Waals surface area contributed by atoms with Crippen LogP contribution < -0.4 is 4.72 Å². The average Bonchev–Trinajstić information content (AvgIpc) is 3.31. The van der Waals surface area contributed by atoms with Crippen LogP contribution in [0.15, 0.2) is 23.1 Å². The first-order valence-corrected chi connectivity index (χ1v) is 9.34. The molecule has 1 fully saturated rings. The number of hydrogen-bond acceptors (Lipinski definition) is 3. The van der Waals surface area contributed by atoms with Crippen LogP contribution in [-0.2, 0) is 22.9 Å². The molecule has 2 aliphatic carbocycles. The zero-order chi connectivity index (χ0) is 14.9. The molecule has 1 atom stereocenters. The molecule has 0 unspecified atom stereocenters. The van der Waals surface area contributed by atoms with Crippen LogP contribution in [-0.4, -0.2) is 26.2 Å². The van der Waals surface area contributed by atoms with Crippen molar-refractivity contribution in [2.24, 2.45) is 5.92 Å². The molecule has 0 aliphatic heterocycles. The van der Waals surface area contributed by atoms with Crippen molar-refractivity contribution in [3.8, 4) is 0 Å². The van der Waals surface area contributed by atoms with Crippen LogP contribution in [0.4, 0.5) is 0 Å². The van der Waals surface area contributed by atoms with Crippen molar-refractivity contribution in [2.75, 3.05) is 6.54 Å². The number of sulfonamides is 1. The molecule has 2 N–H and O–H groups in total. The SMILES string of the molecule is O=S(=O)(NCC[C@@H](O)C1CC1)c1ccc2c(c1)CCCC2. The van der Waals surface area contributed by atoms with Crippen LogP contribution in [0.2, 0.25) is 0 Å². The molecule has 4 nitrogen and oxygen atoms in total. The van der Waals surface area contributed by atoms with Crippen molar-refractivity contribution < 1.29 is 13.5 Å². The van der Waals surface area contributed by atoms with E-state index in [4.69, 9.17) is 0 Å². The molecule has 5 heteroatoms. The Labute approximate surface area is 126 Å². The molecule has 0 amide bonds. The van der Waals surface area contributed by atoms with Gasteiger partial charge in [-0.25, -0.2) is 13.1 Å². The van der Waals surface area contributed by atoms with Gasteiger partial charge in [-0.3, -0.25) is 0 Å². The Kier molecular flexibility index (Phi) is 4.33. The summed E-state index contributed by atoms with van der Waals surface area (Å²) in [5.74, 6) is 0.387. The van der Waals surface area contributed by atoms with Crippen molar-refractivity contribution in [3.63, 3.8) is 0 Å². The monoisotopic (exact) mass is 309 g/mol. The predicted molar refractivity (Wildman–Crippen MR) is 81.6 cm³/mol. The lowest BCUT2D eigenvalue weighted by atomic mass is 9.92. The van der Waals surface area contributed by atoms with Gasteiger partial charge in [0.1, 0.15) is 0 Å². The normalized spacial score (nSPS) is 20.0. The minimum absolute atomic E-state index is 0.303. The Hall–Kier alpha value is -0.910. The highest BCUT2D eigenvalue weighted by atomic mass is 32.2. The molecule has 0 aromatic heterocycles. The molecule has 2 aliphatic rings. The third-order valence-electron chi connectivity index (χ3n) is 4.53. The number of nitrogens with one attached hydrogen (secondary N) is 1. The van der Waals surface area contributed by atoms with Gasteiger partial charge in [-0.05, 0) is 74.1 Å². The zero-order valence-corrected chi connectivity index (χ0v) is 13.0. The molecule has 0 spiro atoms. The molecular formula is C16H23NO3S. The van der Waals surface area contributed by atoms with Gasteiger partial charge in [0.15, 0.2) is 0 Å². The summed E-state index contributed by atoms with van der Waals surface area (Å²) in [7, 11) is -3.46. The van der Waals surface area contributed by atoms with E-state index in [1.807, 2.05) is 12.1 Å². The molecule has 0 saturated heterocycles. The fourth-order valence-electron chi connectivity index (χ4n) is 3.02. The minimum atomic E-state index is -3.46. The maximum Gasteiger partial charge on any atom is 0.240 e. The second-order valence-corrected chi connectivity index (χ2v) is 8.00. The number of benzene rings is 1. The molecule has 0 bridgehead atoms. The minimum Gasteiger partial charge on any atom is -0.393 e. The number of aliphatic hydroxyl groups is 1. The lowest BCUT2D eigenvalue weighted by Gasteiger charge is -2.17. The van der Waals surface area contributed by atoms with Gasteiger partial charge < -0.3 is 5.11 Å². The molecule has 21 heavy (non-hydrogen) atoms. The smallest absolute Gasteiger partial charge is 0.240 e. The average molecular weight is 309 g/mol. The summed E-state index contributed by atoms with van der Waals surface area (Å²) in [6.07, 6.45) is 6.62. The Morgan fingerprint density at radius 3 is 2.62 bits per heavy atom. The molecule has 0 radical (unpaired) electrons. The van der Waals surface area contributed by atoms with Gasteiger partial charge in [0.2, 0.25) is 10.0 Å². The summed E-state index contributed by atoms with van der Waals surface area (Å²) in [6.45, 7) is 0.303. The quantitative estimate of drug-likeness (QED) is 0.844. The van der Waals surface area contributed by atoms with E-state index in [-0.39, 0.29) is 6.10 Å². The number of aryl methyl sites for hydroxylation is 2. The summed E-state index contributed by atoms with van der Waals surface area (Å²) >= 11 is 0. The van der Waals surface area contributed by atoms with E-state index < -0.39 is 10.0 Å². The molecule has 1 aromatic rings. The van der Waals surface area contributed by atoms with Gasteiger partial charge in [-0.15, -0.1) is 0 Å². The van der Waals surface area contributed by atoms with E-state index in [0.29, 0.717) is 23.8 Å². The van der Waals surface area contributed by atoms with Gasteiger partial charge in [0, 0.05) is 6.54 Å². The molecule has 1 aromatic carbocycles. The summed E-state index contributed by atoms with van der Waals surface area (Å²) in [4.78, 5) is 0.351. The third kappa shape index (κ3) is 3.65. The predicted octanol–water partition coefficient (Wildman–Crippen LogP) is 2.00. The van der Waals surface area contributed by atoms with Crippen molar-refractivity contribution in [1.29, 1.82) is 0 Å². The number of hydrogen-bond donors (Lipinski definition) is 2. The van der Waals surface area contributed by atoms with Crippen LogP contribution in [0.1, 0.15) is 43.2 Å². The molecular weight excluding hydrogens is 286 g/mol. The molecule has 3 rings (SSSR count). The Morgan fingerprint density at radius 2 is 1.90 bits per heavy atom. The highest BCUT2D eigenvalue weighted by Gasteiger charge is 2.29. The number of rotatable bonds is 6. The third-order valence-corrected chi connectivity index (χ3v) is 5.99. The fourth-order valence-corrected chi connectivity index (χ4v) is 4.12. The zero-order valence-electron chi connectivity index (χ0n) is 12.2. The summed E-state index contributed by atoms with van der Waals surface area (Å²) in [5, 5.41) is 9.78. The standard InChI is InChI=1S/C16H23NO3S/c18-16(13-5-6-13)9-10-17-21(19,20)15-8-7-12-3-1-2-4-14(12)11-15/h7-8,11,13,16-18H,1-6,9-10H2/t16-/m1/s1. The molecule has 1 saturated carbocycles. The molecule has 116 valence electrons. The Morgan fingerprint density at radius 1 is 1.19 bits per heavy atom.